The minimum Gasteiger partial charge on any atom is -0.381 e. The summed E-state index contributed by atoms with van der Waals surface area (Å²) in [6, 6.07) is 7.39. The zero-order valence-corrected chi connectivity index (χ0v) is 23.0. The third kappa shape index (κ3) is 5.31. The molecular formula is C29H37N7O3. The van der Waals surface area contributed by atoms with Gasteiger partial charge in [0.05, 0.1) is 17.3 Å². The molecule has 0 unspecified atom stereocenters. The summed E-state index contributed by atoms with van der Waals surface area (Å²) in [5, 5.41) is 4.17. The molecule has 0 aliphatic carbocycles. The van der Waals surface area contributed by atoms with Gasteiger partial charge in [-0.1, -0.05) is 12.6 Å². The number of piperazine rings is 1. The van der Waals surface area contributed by atoms with E-state index < -0.39 is 0 Å². The maximum Gasteiger partial charge on any atom is 0.252 e. The monoisotopic (exact) mass is 531 g/mol. The number of ether oxygens (including phenoxy) is 1. The molecular weight excluding hydrogens is 494 g/mol. The largest absolute Gasteiger partial charge is 0.381 e. The lowest BCUT2D eigenvalue weighted by Gasteiger charge is -2.49. The Morgan fingerprint density at radius 1 is 1.05 bits per heavy atom. The first kappa shape index (κ1) is 27.0. The highest BCUT2D eigenvalue weighted by Gasteiger charge is 2.42. The van der Waals surface area contributed by atoms with Crippen LogP contribution in [0.25, 0.3) is 11.0 Å². The van der Waals surface area contributed by atoms with Crippen LogP contribution in [0.1, 0.15) is 57.0 Å². The predicted octanol–water partition coefficient (Wildman–Crippen LogP) is 3.28. The lowest BCUT2D eigenvalue weighted by Crippen LogP contribution is -2.58. The second-order valence-corrected chi connectivity index (χ2v) is 10.6. The van der Waals surface area contributed by atoms with Gasteiger partial charge in [-0.3, -0.25) is 24.0 Å². The van der Waals surface area contributed by atoms with Crippen molar-refractivity contribution >= 4 is 22.9 Å². The molecule has 206 valence electrons. The SMILES string of the molecule is C=CC(=O)N1CCN(C2(c3ccc([C@H](C)Nc4ncc5ccc(=O)n(C(C)C)c5n4)nc3)CCOCC2)CC1. The van der Waals surface area contributed by atoms with Crippen molar-refractivity contribution in [1.82, 2.24) is 29.3 Å². The van der Waals surface area contributed by atoms with Crippen LogP contribution in [0.5, 0.6) is 0 Å². The van der Waals surface area contributed by atoms with Gasteiger partial charge in [0.1, 0.15) is 5.65 Å². The van der Waals surface area contributed by atoms with Crippen molar-refractivity contribution < 1.29 is 9.53 Å². The number of carbonyl (C=O) groups is 1. The Balaban J connectivity index is 1.35. The quantitative estimate of drug-likeness (QED) is 0.463. The van der Waals surface area contributed by atoms with Gasteiger partial charge < -0.3 is 15.0 Å². The number of nitrogens with zero attached hydrogens (tertiary/aromatic N) is 6. The first-order valence-electron chi connectivity index (χ1n) is 13.7. The van der Waals surface area contributed by atoms with Crippen LogP contribution in [0.2, 0.25) is 0 Å². The van der Waals surface area contributed by atoms with E-state index >= 15 is 0 Å². The fraction of sp³-hybridized carbons (Fsp3) is 0.483. The van der Waals surface area contributed by atoms with Crippen LogP contribution in [-0.2, 0) is 15.1 Å². The van der Waals surface area contributed by atoms with Gasteiger partial charge in [-0.25, -0.2) is 4.98 Å². The molecule has 2 saturated heterocycles. The molecule has 0 spiro atoms. The van der Waals surface area contributed by atoms with Crippen LogP contribution in [0.4, 0.5) is 5.95 Å². The second-order valence-electron chi connectivity index (χ2n) is 10.6. The molecule has 3 aromatic rings. The molecule has 10 heteroatoms. The molecule has 0 saturated carbocycles. The van der Waals surface area contributed by atoms with Crippen LogP contribution in [0, 0.1) is 0 Å². The van der Waals surface area contributed by atoms with Crippen LogP contribution in [-0.4, -0.2) is 74.6 Å². The Morgan fingerprint density at radius 3 is 2.44 bits per heavy atom. The van der Waals surface area contributed by atoms with E-state index in [-0.39, 0.29) is 29.1 Å². The Morgan fingerprint density at radius 2 is 1.79 bits per heavy atom. The lowest BCUT2D eigenvalue weighted by atomic mass is 9.81. The lowest BCUT2D eigenvalue weighted by molar-refractivity contribution is -0.130. The first-order valence-corrected chi connectivity index (χ1v) is 13.7. The second kappa shape index (κ2) is 11.2. The van der Waals surface area contributed by atoms with E-state index in [0.29, 0.717) is 37.9 Å². The highest BCUT2D eigenvalue weighted by Crippen LogP contribution is 2.39. The summed E-state index contributed by atoms with van der Waals surface area (Å²) < 4.78 is 7.41. The maximum atomic E-state index is 12.4. The van der Waals surface area contributed by atoms with Crippen LogP contribution >= 0.6 is 0 Å². The number of pyridine rings is 2. The molecule has 1 atom stereocenters. The van der Waals surface area contributed by atoms with Crippen LogP contribution in [0.3, 0.4) is 0 Å². The maximum absolute atomic E-state index is 12.4. The van der Waals surface area contributed by atoms with Gasteiger partial charge in [-0.15, -0.1) is 0 Å². The van der Waals surface area contributed by atoms with Gasteiger partial charge in [0.2, 0.25) is 11.9 Å². The summed E-state index contributed by atoms with van der Waals surface area (Å²) in [4.78, 5) is 42.9. The van der Waals surface area contributed by atoms with E-state index in [1.165, 1.54) is 11.6 Å². The van der Waals surface area contributed by atoms with Gasteiger partial charge >= 0.3 is 0 Å². The number of hydrogen-bond acceptors (Lipinski definition) is 8. The molecule has 5 rings (SSSR count). The number of fused-ring (bicyclic) bond motifs is 1. The zero-order chi connectivity index (χ0) is 27.6. The van der Waals surface area contributed by atoms with E-state index in [1.54, 1.807) is 22.9 Å². The van der Waals surface area contributed by atoms with E-state index in [4.69, 9.17) is 9.72 Å². The molecule has 5 heterocycles. The third-order valence-electron chi connectivity index (χ3n) is 7.99. The predicted molar refractivity (Wildman–Crippen MR) is 151 cm³/mol. The summed E-state index contributed by atoms with van der Waals surface area (Å²) in [7, 11) is 0. The smallest absolute Gasteiger partial charge is 0.252 e. The van der Waals surface area contributed by atoms with Crippen molar-refractivity contribution in [3.05, 3.63) is 70.9 Å². The molecule has 0 bridgehead atoms. The van der Waals surface area contributed by atoms with Crippen molar-refractivity contribution in [2.75, 3.05) is 44.7 Å². The van der Waals surface area contributed by atoms with Gasteiger partial charge in [-0.05, 0) is 57.4 Å². The normalized spacial score (nSPS) is 18.7. The number of rotatable bonds is 7. The molecule has 10 nitrogen and oxygen atoms in total. The van der Waals surface area contributed by atoms with Crippen molar-refractivity contribution in [2.24, 2.45) is 0 Å². The third-order valence-corrected chi connectivity index (χ3v) is 7.99. The molecule has 3 aromatic heterocycles. The van der Waals surface area contributed by atoms with E-state index in [9.17, 15) is 9.59 Å². The van der Waals surface area contributed by atoms with Crippen molar-refractivity contribution in [2.45, 2.75) is 51.2 Å². The molecule has 39 heavy (non-hydrogen) atoms. The number of anilines is 1. The van der Waals surface area contributed by atoms with Crippen LogP contribution < -0.4 is 10.9 Å². The molecule has 2 aliphatic rings. The molecule has 1 amide bonds. The number of aromatic nitrogens is 4. The fourth-order valence-corrected chi connectivity index (χ4v) is 5.79. The Bertz CT molecular complexity index is 1390. The Kier molecular flexibility index (Phi) is 7.76. The molecule has 2 fully saturated rings. The van der Waals surface area contributed by atoms with E-state index in [1.807, 2.05) is 31.9 Å². The van der Waals surface area contributed by atoms with Crippen LogP contribution in [0.15, 0.2) is 54.1 Å². The van der Waals surface area contributed by atoms with Crippen molar-refractivity contribution in [3.8, 4) is 0 Å². The molecule has 0 radical (unpaired) electrons. The summed E-state index contributed by atoms with van der Waals surface area (Å²) in [5.41, 5.74) is 2.42. The number of nitrogens with one attached hydrogen (secondary N) is 1. The highest BCUT2D eigenvalue weighted by molar-refractivity contribution is 5.87. The summed E-state index contributed by atoms with van der Waals surface area (Å²) in [6.07, 6.45) is 6.89. The zero-order valence-electron chi connectivity index (χ0n) is 23.0. The van der Waals surface area contributed by atoms with Gasteiger partial charge in [0, 0.05) is 69.3 Å². The standard InChI is InChI=1S/C29H37N7O3/c1-5-25(37)34-12-14-35(15-13-34)29(10-16-39-17-11-29)23-7-8-24(30-19-23)21(4)32-28-31-18-22-6-9-26(38)36(20(2)3)27(22)33-28/h5-9,18-21H,1,10-17H2,2-4H3,(H,31,32,33)/t21-/m0/s1. The first-order chi connectivity index (χ1) is 18.8. The topological polar surface area (TPSA) is 105 Å². The molecule has 2 aliphatic heterocycles. The average Bonchev–Trinajstić information content (AvgIpc) is 2.97. The minimum absolute atomic E-state index is 0.00827. The number of carbonyl (C=O) groups excluding carboxylic acids is 1. The molecule has 0 aromatic carbocycles. The summed E-state index contributed by atoms with van der Waals surface area (Å²) in [6.45, 7) is 14.0. The van der Waals surface area contributed by atoms with E-state index in [0.717, 1.165) is 37.0 Å². The summed E-state index contributed by atoms with van der Waals surface area (Å²) >= 11 is 0. The summed E-state index contributed by atoms with van der Waals surface area (Å²) in [5.74, 6) is 0.444. The molecule has 1 N–H and O–H groups in total. The highest BCUT2D eigenvalue weighted by atomic mass is 16.5. The van der Waals surface area contributed by atoms with Crippen molar-refractivity contribution in [1.29, 1.82) is 0 Å². The number of amides is 1. The fourth-order valence-electron chi connectivity index (χ4n) is 5.79. The van der Waals surface area contributed by atoms with Gasteiger partial charge in [-0.2, -0.15) is 4.98 Å². The van der Waals surface area contributed by atoms with Gasteiger partial charge in [0.25, 0.3) is 5.56 Å². The van der Waals surface area contributed by atoms with Gasteiger partial charge in [0.15, 0.2) is 0 Å². The van der Waals surface area contributed by atoms with E-state index in [2.05, 4.69) is 38.9 Å². The Hall–Kier alpha value is -3.63. The number of hydrogen-bond donors (Lipinski definition) is 1. The van der Waals surface area contributed by atoms with Crippen molar-refractivity contribution in [3.63, 3.8) is 0 Å². The minimum atomic E-state index is -0.161. The Labute approximate surface area is 228 Å². The average molecular weight is 532 g/mol.